The number of aryl methyl sites for hydroxylation is 1. The number of halogens is 1. The number of imidazole rings is 1. The fourth-order valence-electron chi connectivity index (χ4n) is 2.29. The molecule has 5 heteroatoms. The lowest BCUT2D eigenvalue weighted by atomic mass is 9.94. The number of amides is 1. The zero-order valence-corrected chi connectivity index (χ0v) is 11.9. The molecule has 0 bridgehead atoms. The van der Waals surface area contributed by atoms with Crippen LogP contribution in [0.15, 0.2) is 12.5 Å². The van der Waals surface area contributed by atoms with Crippen molar-refractivity contribution >= 4 is 21.8 Å². The maximum atomic E-state index is 12.2. The molecule has 0 radical (unpaired) electrons. The molecule has 1 unspecified atom stereocenters. The Balaban J connectivity index is 1.98. The lowest BCUT2D eigenvalue weighted by molar-refractivity contribution is 0.0682. The molecule has 1 amide bonds. The van der Waals surface area contributed by atoms with Crippen LogP contribution in [-0.4, -0.2) is 38.3 Å². The Morgan fingerprint density at radius 2 is 2.18 bits per heavy atom. The number of aromatic nitrogens is 2. The summed E-state index contributed by atoms with van der Waals surface area (Å²) in [5, 5.41) is 0. The quantitative estimate of drug-likeness (QED) is 0.784. The maximum absolute atomic E-state index is 12.2. The average molecular weight is 300 g/mol. The summed E-state index contributed by atoms with van der Waals surface area (Å²) in [4.78, 5) is 18.7. The molecule has 1 aromatic heterocycles. The summed E-state index contributed by atoms with van der Waals surface area (Å²) in [6.45, 7) is 3.89. The molecule has 1 aliphatic rings. The van der Waals surface area contributed by atoms with Crippen LogP contribution >= 0.6 is 15.9 Å². The summed E-state index contributed by atoms with van der Waals surface area (Å²) < 4.78 is 1.78. The van der Waals surface area contributed by atoms with E-state index in [2.05, 4.69) is 27.8 Å². The Hall–Kier alpha value is -0.840. The molecular weight excluding hydrogens is 282 g/mol. The van der Waals surface area contributed by atoms with E-state index in [1.54, 1.807) is 17.1 Å². The van der Waals surface area contributed by atoms with Gasteiger partial charge in [-0.25, -0.2) is 4.98 Å². The molecule has 0 aromatic carbocycles. The van der Waals surface area contributed by atoms with Crippen LogP contribution < -0.4 is 0 Å². The van der Waals surface area contributed by atoms with Gasteiger partial charge < -0.3 is 9.47 Å². The van der Waals surface area contributed by atoms with Gasteiger partial charge in [0.15, 0.2) is 0 Å². The highest BCUT2D eigenvalue weighted by atomic mass is 79.9. The number of alkyl halides is 1. The van der Waals surface area contributed by atoms with Gasteiger partial charge in [0.25, 0.3) is 5.91 Å². The van der Waals surface area contributed by atoms with Gasteiger partial charge in [0.2, 0.25) is 0 Å². The molecule has 1 atom stereocenters. The molecule has 1 aromatic rings. The second-order valence-electron chi connectivity index (χ2n) is 4.70. The van der Waals surface area contributed by atoms with Gasteiger partial charge in [-0.2, -0.15) is 0 Å². The molecule has 2 heterocycles. The normalized spacial score (nSPS) is 19.4. The van der Waals surface area contributed by atoms with Crippen LogP contribution in [0.2, 0.25) is 0 Å². The third-order valence-corrected chi connectivity index (χ3v) is 4.26. The van der Waals surface area contributed by atoms with Crippen LogP contribution in [0.25, 0.3) is 0 Å². The first-order valence-corrected chi connectivity index (χ1v) is 6.91. The zero-order valence-electron chi connectivity index (χ0n) is 10.3. The summed E-state index contributed by atoms with van der Waals surface area (Å²) in [5.74, 6) is 0.788. The van der Waals surface area contributed by atoms with E-state index in [1.165, 1.54) is 0 Å². The summed E-state index contributed by atoms with van der Waals surface area (Å²) in [6.07, 6.45) is 5.47. The second-order valence-corrected chi connectivity index (χ2v) is 6.14. The fraction of sp³-hybridized carbons (Fsp3) is 0.667. The molecule has 94 valence electrons. The van der Waals surface area contributed by atoms with E-state index >= 15 is 0 Å². The molecule has 17 heavy (non-hydrogen) atoms. The predicted molar refractivity (Wildman–Crippen MR) is 70.2 cm³/mol. The largest absolute Gasteiger partial charge is 0.337 e. The van der Waals surface area contributed by atoms with Gasteiger partial charge in [0.1, 0.15) is 5.69 Å². The third-order valence-electron chi connectivity index (χ3n) is 3.51. The molecule has 4 nitrogen and oxygen atoms in total. The van der Waals surface area contributed by atoms with Crippen LogP contribution in [0.1, 0.15) is 30.3 Å². The molecule has 1 saturated heterocycles. The Kier molecular flexibility index (Phi) is 3.86. The van der Waals surface area contributed by atoms with Gasteiger partial charge in [-0.1, -0.05) is 22.9 Å². The molecule has 0 saturated carbocycles. The number of piperidine rings is 1. The van der Waals surface area contributed by atoms with Gasteiger partial charge in [-0.3, -0.25) is 4.79 Å². The number of likely N-dealkylation sites (tertiary alicyclic amines) is 1. The number of hydrogen-bond acceptors (Lipinski definition) is 2. The van der Waals surface area contributed by atoms with Gasteiger partial charge in [-0.15, -0.1) is 0 Å². The molecule has 1 fully saturated rings. The smallest absolute Gasteiger partial charge is 0.272 e. The van der Waals surface area contributed by atoms with E-state index in [4.69, 9.17) is 0 Å². The first-order valence-electron chi connectivity index (χ1n) is 5.99. The second kappa shape index (κ2) is 5.21. The fourth-order valence-corrected chi connectivity index (χ4v) is 2.82. The van der Waals surface area contributed by atoms with Gasteiger partial charge in [-0.05, 0) is 18.8 Å². The van der Waals surface area contributed by atoms with Crippen LogP contribution in [0.5, 0.6) is 0 Å². The predicted octanol–water partition coefficient (Wildman–Crippen LogP) is 2.06. The molecule has 0 spiro atoms. The van der Waals surface area contributed by atoms with Crippen molar-refractivity contribution in [3.8, 4) is 0 Å². The van der Waals surface area contributed by atoms with Gasteiger partial charge in [0, 0.05) is 25.0 Å². The Bertz CT molecular complexity index is 394. The third kappa shape index (κ3) is 2.70. The number of carbonyl (C=O) groups excluding carboxylic acids is 1. The molecule has 0 aliphatic carbocycles. The Morgan fingerprint density at radius 1 is 1.53 bits per heavy atom. The minimum Gasteiger partial charge on any atom is -0.337 e. The minimum atomic E-state index is 0.102. The van der Waals surface area contributed by atoms with Crippen molar-refractivity contribution in [2.45, 2.75) is 24.6 Å². The number of hydrogen-bond donors (Lipinski definition) is 0. The lowest BCUT2D eigenvalue weighted by Gasteiger charge is -2.33. The van der Waals surface area contributed by atoms with Crippen LogP contribution in [-0.2, 0) is 7.05 Å². The van der Waals surface area contributed by atoms with E-state index in [1.807, 2.05) is 11.9 Å². The van der Waals surface area contributed by atoms with Crippen molar-refractivity contribution in [1.82, 2.24) is 14.5 Å². The van der Waals surface area contributed by atoms with Crippen LogP contribution in [0.3, 0.4) is 0 Å². The lowest BCUT2D eigenvalue weighted by Crippen LogP contribution is -2.40. The zero-order chi connectivity index (χ0) is 12.4. The molecule has 1 aliphatic heterocycles. The van der Waals surface area contributed by atoms with Crippen molar-refractivity contribution < 1.29 is 4.79 Å². The highest BCUT2D eigenvalue weighted by Gasteiger charge is 2.26. The standard InChI is InChI=1S/C12H18BrN3O/c1-9(13)10-3-5-16(6-4-10)12(17)11-7-14-8-15(11)2/h7-10H,3-6H2,1-2H3. The van der Waals surface area contributed by atoms with E-state index in [0.717, 1.165) is 25.9 Å². The Morgan fingerprint density at radius 3 is 2.65 bits per heavy atom. The van der Waals surface area contributed by atoms with E-state index in [-0.39, 0.29) is 5.91 Å². The number of rotatable bonds is 2. The molecular formula is C12H18BrN3O. The van der Waals surface area contributed by atoms with E-state index in [0.29, 0.717) is 16.4 Å². The topological polar surface area (TPSA) is 38.1 Å². The highest BCUT2D eigenvalue weighted by Crippen LogP contribution is 2.25. The first kappa shape index (κ1) is 12.6. The summed E-state index contributed by atoms with van der Waals surface area (Å²) in [5.41, 5.74) is 0.676. The monoisotopic (exact) mass is 299 g/mol. The summed E-state index contributed by atoms with van der Waals surface area (Å²) in [7, 11) is 1.85. The minimum absolute atomic E-state index is 0.102. The van der Waals surface area contributed by atoms with Crippen molar-refractivity contribution in [2.75, 3.05) is 13.1 Å². The maximum Gasteiger partial charge on any atom is 0.272 e. The Labute approximate surface area is 110 Å². The van der Waals surface area contributed by atoms with Crippen molar-refractivity contribution in [2.24, 2.45) is 13.0 Å². The van der Waals surface area contributed by atoms with Crippen molar-refractivity contribution in [3.63, 3.8) is 0 Å². The van der Waals surface area contributed by atoms with Crippen molar-refractivity contribution in [1.29, 1.82) is 0 Å². The number of carbonyl (C=O) groups is 1. The molecule has 0 N–H and O–H groups in total. The number of nitrogens with zero attached hydrogens (tertiary/aromatic N) is 3. The van der Waals surface area contributed by atoms with E-state index < -0.39 is 0 Å². The van der Waals surface area contributed by atoms with Gasteiger partial charge >= 0.3 is 0 Å². The van der Waals surface area contributed by atoms with Gasteiger partial charge in [0.05, 0.1) is 12.5 Å². The summed E-state index contributed by atoms with van der Waals surface area (Å²) in [6, 6.07) is 0. The SMILES string of the molecule is CC(Br)C1CCN(C(=O)c2cncn2C)CC1. The van der Waals surface area contributed by atoms with Crippen LogP contribution in [0.4, 0.5) is 0 Å². The molecule has 2 rings (SSSR count). The summed E-state index contributed by atoms with van der Waals surface area (Å²) >= 11 is 3.63. The van der Waals surface area contributed by atoms with E-state index in [9.17, 15) is 4.79 Å². The average Bonchev–Trinajstić information content (AvgIpc) is 2.74. The van der Waals surface area contributed by atoms with Crippen LogP contribution in [0, 0.1) is 5.92 Å². The highest BCUT2D eigenvalue weighted by molar-refractivity contribution is 9.09. The van der Waals surface area contributed by atoms with Crippen molar-refractivity contribution in [3.05, 3.63) is 18.2 Å². The first-order chi connectivity index (χ1) is 8.09.